The van der Waals surface area contributed by atoms with Crippen LogP contribution in [0.25, 0.3) is 0 Å². The zero-order chi connectivity index (χ0) is 16.0. The van der Waals surface area contributed by atoms with Gasteiger partial charge in [-0.1, -0.05) is 0 Å². The van der Waals surface area contributed by atoms with Crippen LogP contribution in [0.1, 0.15) is 22.8 Å². The maximum absolute atomic E-state index is 12.1. The van der Waals surface area contributed by atoms with Gasteiger partial charge >= 0.3 is 0 Å². The van der Waals surface area contributed by atoms with E-state index in [-0.39, 0.29) is 18.2 Å². The lowest BCUT2D eigenvalue weighted by Crippen LogP contribution is -2.34. The molecule has 118 valence electrons. The number of anilines is 1. The van der Waals surface area contributed by atoms with Crippen molar-refractivity contribution >= 4 is 21.6 Å². The molecule has 0 aromatic heterocycles. The van der Waals surface area contributed by atoms with Crippen molar-refractivity contribution < 1.29 is 13.2 Å². The van der Waals surface area contributed by atoms with E-state index in [1.165, 1.54) is 14.1 Å². The number of nitrogens with zero attached hydrogens (tertiary/aromatic N) is 1. The molecule has 2 N–H and O–H groups in total. The number of amides is 1. The minimum absolute atomic E-state index is 0.0910. The van der Waals surface area contributed by atoms with Gasteiger partial charge in [0, 0.05) is 38.4 Å². The van der Waals surface area contributed by atoms with Gasteiger partial charge in [-0.05, 0) is 37.6 Å². The minimum Gasteiger partial charge on any atom is -0.385 e. The van der Waals surface area contributed by atoms with Gasteiger partial charge in [0.25, 0.3) is 5.91 Å². The Labute approximate surface area is 126 Å². The first-order valence-corrected chi connectivity index (χ1v) is 8.41. The van der Waals surface area contributed by atoms with Gasteiger partial charge in [0.15, 0.2) is 0 Å². The van der Waals surface area contributed by atoms with E-state index >= 15 is 0 Å². The van der Waals surface area contributed by atoms with Crippen LogP contribution in [0, 0.1) is 6.92 Å². The molecular weight excluding hydrogens is 290 g/mol. The summed E-state index contributed by atoms with van der Waals surface area (Å²) in [5.74, 6) is -0.371. The van der Waals surface area contributed by atoms with Crippen LogP contribution in [-0.2, 0) is 10.0 Å². The molecule has 0 heterocycles. The summed E-state index contributed by atoms with van der Waals surface area (Å²) in [5.41, 5.74) is 2.36. The highest BCUT2D eigenvalue weighted by Crippen LogP contribution is 2.15. The Hall–Kier alpha value is -1.60. The van der Waals surface area contributed by atoms with E-state index in [4.69, 9.17) is 0 Å². The van der Waals surface area contributed by atoms with Crippen molar-refractivity contribution in [3.63, 3.8) is 0 Å². The van der Waals surface area contributed by atoms with Crippen molar-refractivity contribution in [2.45, 2.75) is 13.8 Å². The Kier molecular flexibility index (Phi) is 6.17. The van der Waals surface area contributed by atoms with Gasteiger partial charge in [0.05, 0.1) is 5.75 Å². The molecule has 1 aromatic carbocycles. The summed E-state index contributed by atoms with van der Waals surface area (Å²) < 4.78 is 24.3. The van der Waals surface area contributed by atoms with Crippen molar-refractivity contribution in [1.82, 2.24) is 9.62 Å². The molecule has 0 aliphatic rings. The molecule has 21 heavy (non-hydrogen) atoms. The first kappa shape index (κ1) is 17.5. The molecule has 1 rings (SSSR count). The van der Waals surface area contributed by atoms with E-state index in [1.54, 1.807) is 6.07 Å². The van der Waals surface area contributed by atoms with Crippen LogP contribution in [0.3, 0.4) is 0 Å². The van der Waals surface area contributed by atoms with Gasteiger partial charge in [-0.2, -0.15) is 0 Å². The van der Waals surface area contributed by atoms with Crippen LogP contribution >= 0.6 is 0 Å². The molecule has 6 nitrogen and oxygen atoms in total. The third kappa shape index (κ3) is 5.02. The maximum atomic E-state index is 12.1. The molecule has 0 unspecified atom stereocenters. The molecule has 0 radical (unpaired) electrons. The first-order valence-electron chi connectivity index (χ1n) is 6.81. The number of carbonyl (C=O) groups is 1. The first-order chi connectivity index (χ1) is 9.77. The minimum atomic E-state index is -3.29. The fourth-order valence-corrected chi connectivity index (χ4v) is 2.53. The number of hydrogen-bond acceptors (Lipinski definition) is 4. The van der Waals surface area contributed by atoms with Crippen LogP contribution < -0.4 is 10.6 Å². The van der Waals surface area contributed by atoms with Crippen molar-refractivity contribution in [2.24, 2.45) is 0 Å². The van der Waals surface area contributed by atoms with Gasteiger partial charge in [0.1, 0.15) is 0 Å². The van der Waals surface area contributed by atoms with Crippen LogP contribution in [0.5, 0.6) is 0 Å². The monoisotopic (exact) mass is 313 g/mol. The van der Waals surface area contributed by atoms with Crippen LogP contribution in [0.15, 0.2) is 18.2 Å². The summed E-state index contributed by atoms with van der Waals surface area (Å²) in [5, 5.41) is 5.81. The second kappa shape index (κ2) is 7.42. The van der Waals surface area contributed by atoms with Crippen LogP contribution in [-0.4, -0.2) is 51.6 Å². The molecule has 0 aliphatic heterocycles. The largest absolute Gasteiger partial charge is 0.385 e. The van der Waals surface area contributed by atoms with Crippen LogP contribution in [0.2, 0.25) is 0 Å². The number of carbonyl (C=O) groups excluding carboxylic acids is 1. The second-order valence-corrected chi connectivity index (χ2v) is 7.22. The van der Waals surface area contributed by atoms with Crippen molar-refractivity contribution in [3.05, 3.63) is 29.3 Å². The van der Waals surface area contributed by atoms with Crippen molar-refractivity contribution in [1.29, 1.82) is 0 Å². The lowest BCUT2D eigenvalue weighted by atomic mass is 10.1. The zero-order valence-electron chi connectivity index (χ0n) is 12.9. The topological polar surface area (TPSA) is 78.5 Å². The smallest absolute Gasteiger partial charge is 0.251 e. The molecule has 1 aromatic rings. The molecular formula is C14H23N3O3S. The average Bonchev–Trinajstić information content (AvgIpc) is 2.38. The quantitative estimate of drug-likeness (QED) is 0.788. The lowest BCUT2D eigenvalue weighted by molar-refractivity contribution is 0.0955. The number of nitrogens with one attached hydrogen (secondary N) is 2. The predicted molar refractivity (Wildman–Crippen MR) is 85.1 cm³/mol. The summed E-state index contributed by atoms with van der Waals surface area (Å²) in [4.78, 5) is 12.1. The Morgan fingerprint density at radius 2 is 1.95 bits per heavy atom. The molecule has 1 amide bonds. The average molecular weight is 313 g/mol. The Morgan fingerprint density at radius 1 is 1.29 bits per heavy atom. The third-order valence-corrected chi connectivity index (χ3v) is 4.89. The fourth-order valence-electron chi connectivity index (χ4n) is 1.80. The number of rotatable bonds is 7. The number of aryl methyl sites for hydroxylation is 1. The Bertz CT molecular complexity index is 597. The van der Waals surface area contributed by atoms with Crippen LogP contribution in [0.4, 0.5) is 5.69 Å². The SMILES string of the molecule is CCNc1ccc(C(=O)NCCS(=O)(=O)N(C)C)c(C)c1. The highest BCUT2D eigenvalue weighted by molar-refractivity contribution is 7.89. The Morgan fingerprint density at radius 3 is 2.48 bits per heavy atom. The van der Waals surface area contributed by atoms with E-state index in [2.05, 4.69) is 10.6 Å². The van der Waals surface area contributed by atoms with E-state index in [0.717, 1.165) is 22.1 Å². The normalized spacial score (nSPS) is 11.5. The summed E-state index contributed by atoms with van der Waals surface area (Å²) in [7, 11) is -0.346. The summed E-state index contributed by atoms with van der Waals surface area (Å²) in [6.07, 6.45) is 0. The lowest BCUT2D eigenvalue weighted by Gasteiger charge is -2.13. The number of sulfonamides is 1. The zero-order valence-corrected chi connectivity index (χ0v) is 13.8. The highest BCUT2D eigenvalue weighted by Gasteiger charge is 2.15. The standard InChI is InChI=1S/C14H23N3O3S/c1-5-15-12-6-7-13(11(2)10-12)14(18)16-8-9-21(19,20)17(3)4/h6-7,10,15H,5,8-9H2,1-4H3,(H,16,18). The van der Waals surface area contributed by atoms with Crippen molar-refractivity contribution in [2.75, 3.05) is 38.3 Å². The summed E-state index contributed by atoms with van der Waals surface area (Å²) >= 11 is 0. The molecule has 0 saturated heterocycles. The van der Waals surface area contributed by atoms with Crippen molar-refractivity contribution in [3.8, 4) is 0 Å². The van der Waals surface area contributed by atoms with Gasteiger partial charge in [-0.15, -0.1) is 0 Å². The van der Waals surface area contributed by atoms with E-state index in [0.29, 0.717) is 5.56 Å². The van der Waals surface area contributed by atoms with E-state index < -0.39 is 10.0 Å². The molecule has 7 heteroatoms. The van der Waals surface area contributed by atoms with Gasteiger partial charge < -0.3 is 10.6 Å². The summed E-state index contributed by atoms with van der Waals surface area (Å²) in [6, 6.07) is 5.47. The maximum Gasteiger partial charge on any atom is 0.251 e. The molecule has 0 atom stereocenters. The molecule has 0 bridgehead atoms. The molecule has 0 spiro atoms. The third-order valence-electron chi connectivity index (χ3n) is 3.05. The summed E-state index contributed by atoms with van der Waals surface area (Å²) in [6.45, 7) is 4.76. The highest BCUT2D eigenvalue weighted by atomic mass is 32.2. The van der Waals surface area contributed by atoms with Gasteiger partial charge in [0.2, 0.25) is 10.0 Å². The predicted octanol–water partition coefficient (Wildman–Crippen LogP) is 1.05. The van der Waals surface area contributed by atoms with Gasteiger partial charge in [-0.25, -0.2) is 12.7 Å². The van der Waals surface area contributed by atoms with Gasteiger partial charge in [-0.3, -0.25) is 4.79 Å². The van der Waals surface area contributed by atoms with E-state index in [1.807, 2.05) is 26.0 Å². The molecule has 0 fully saturated rings. The molecule has 0 aliphatic carbocycles. The Balaban J connectivity index is 2.64. The molecule has 0 saturated carbocycles. The number of benzene rings is 1. The van der Waals surface area contributed by atoms with E-state index in [9.17, 15) is 13.2 Å². The second-order valence-electron chi connectivity index (χ2n) is 4.91. The fraction of sp³-hybridized carbons (Fsp3) is 0.500. The number of hydrogen-bond donors (Lipinski definition) is 2.